The van der Waals surface area contributed by atoms with E-state index >= 15 is 0 Å². The maximum absolute atomic E-state index is 12.2. The number of hydrogen-bond donors (Lipinski definition) is 1. The SMILES string of the molecule is C[SH](C)c1cccc(C(F)(F)F)c1. The van der Waals surface area contributed by atoms with Crippen LogP contribution in [0.5, 0.6) is 0 Å². The van der Waals surface area contributed by atoms with Gasteiger partial charge < -0.3 is 0 Å². The van der Waals surface area contributed by atoms with Crippen molar-refractivity contribution in [3.05, 3.63) is 29.8 Å². The van der Waals surface area contributed by atoms with Gasteiger partial charge in [0.05, 0.1) is 5.56 Å². The summed E-state index contributed by atoms with van der Waals surface area (Å²) in [5.74, 6) is 0. The highest BCUT2D eigenvalue weighted by Crippen LogP contribution is 2.34. The van der Waals surface area contributed by atoms with Crippen LogP contribution in [0, 0.1) is 0 Å². The lowest BCUT2D eigenvalue weighted by molar-refractivity contribution is -0.137. The smallest absolute Gasteiger partial charge is 0.233 e. The van der Waals surface area contributed by atoms with E-state index in [-0.39, 0.29) is 0 Å². The van der Waals surface area contributed by atoms with Crippen LogP contribution in [0.15, 0.2) is 29.2 Å². The average Bonchev–Trinajstić information content (AvgIpc) is 2.03. The topological polar surface area (TPSA) is 0 Å². The van der Waals surface area contributed by atoms with Crippen molar-refractivity contribution in [2.24, 2.45) is 0 Å². The molecule has 0 fully saturated rings. The molecule has 0 radical (unpaired) electrons. The van der Waals surface area contributed by atoms with Gasteiger partial charge in [-0.3, -0.25) is 0 Å². The molecule has 0 heterocycles. The first kappa shape index (κ1) is 10.4. The van der Waals surface area contributed by atoms with Crippen LogP contribution in [-0.2, 0) is 6.18 Å². The summed E-state index contributed by atoms with van der Waals surface area (Å²) in [5.41, 5.74) is -0.554. The number of rotatable bonds is 1. The van der Waals surface area contributed by atoms with Crippen LogP contribution in [0.25, 0.3) is 0 Å². The van der Waals surface area contributed by atoms with E-state index in [9.17, 15) is 13.2 Å². The molecule has 0 spiro atoms. The van der Waals surface area contributed by atoms with Gasteiger partial charge in [0.25, 0.3) is 0 Å². The van der Waals surface area contributed by atoms with Gasteiger partial charge in [-0.05, 0) is 29.5 Å². The van der Waals surface area contributed by atoms with E-state index in [4.69, 9.17) is 0 Å². The third-order valence-corrected chi connectivity index (χ3v) is 3.00. The first-order valence-corrected chi connectivity index (χ1v) is 5.99. The zero-order chi connectivity index (χ0) is 10.1. The Kier molecular flexibility index (Phi) is 2.91. The standard InChI is InChI=1S/C9H11F3S/c1-13(2)8-5-3-4-7(6-8)9(10,11)12/h3-6,13H,1-2H3. The van der Waals surface area contributed by atoms with Crippen molar-refractivity contribution in [1.82, 2.24) is 0 Å². The third kappa shape index (κ3) is 2.66. The normalized spacial score (nSPS) is 12.8. The van der Waals surface area contributed by atoms with E-state index in [2.05, 4.69) is 0 Å². The molecule has 1 aromatic carbocycles. The van der Waals surface area contributed by atoms with Crippen LogP contribution in [0.3, 0.4) is 0 Å². The van der Waals surface area contributed by atoms with Crippen molar-refractivity contribution in [2.75, 3.05) is 12.5 Å². The molecule has 13 heavy (non-hydrogen) atoms. The van der Waals surface area contributed by atoms with Gasteiger partial charge in [-0.1, -0.05) is 12.1 Å². The summed E-state index contributed by atoms with van der Waals surface area (Å²) in [6.45, 7) is 0. The van der Waals surface area contributed by atoms with Crippen molar-refractivity contribution < 1.29 is 13.2 Å². The Hall–Kier alpha value is -0.640. The quantitative estimate of drug-likeness (QED) is 0.672. The van der Waals surface area contributed by atoms with Crippen molar-refractivity contribution in [3.8, 4) is 0 Å². The second-order valence-corrected chi connectivity index (χ2v) is 5.25. The van der Waals surface area contributed by atoms with Crippen LogP contribution >= 0.6 is 10.9 Å². The van der Waals surface area contributed by atoms with Gasteiger partial charge in [-0.25, -0.2) is 10.9 Å². The van der Waals surface area contributed by atoms with E-state index in [1.165, 1.54) is 12.1 Å². The van der Waals surface area contributed by atoms with Crippen LogP contribution in [0.1, 0.15) is 5.56 Å². The molecular formula is C9H11F3S. The Balaban J connectivity index is 3.06. The molecule has 0 saturated carbocycles. The van der Waals surface area contributed by atoms with Gasteiger partial charge in [-0.2, -0.15) is 13.2 Å². The van der Waals surface area contributed by atoms with E-state index in [0.29, 0.717) is 0 Å². The van der Waals surface area contributed by atoms with Crippen LogP contribution < -0.4 is 0 Å². The first-order valence-electron chi connectivity index (χ1n) is 3.76. The summed E-state index contributed by atoms with van der Waals surface area (Å²) in [5, 5.41) is 0. The Labute approximate surface area is 78.1 Å². The fourth-order valence-corrected chi connectivity index (χ4v) is 1.74. The van der Waals surface area contributed by atoms with E-state index in [1.807, 2.05) is 12.5 Å². The Bertz CT molecular complexity index is 291. The van der Waals surface area contributed by atoms with E-state index in [1.54, 1.807) is 6.07 Å². The zero-order valence-electron chi connectivity index (χ0n) is 7.39. The number of hydrogen-bond acceptors (Lipinski definition) is 0. The Morgan fingerprint density at radius 2 is 1.77 bits per heavy atom. The predicted octanol–water partition coefficient (Wildman–Crippen LogP) is 3.33. The molecule has 0 aliphatic carbocycles. The number of halogens is 3. The number of thiol groups is 1. The molecule has 0 N–H and O–H groups in total. The molecule has 0 unspecified atom stereocenters. The molecule has 0 atom stereocenters. The average molecular weight is 208 g/mol. The van der Waals surface area contributed by atoms with Gasteiger partial charge in [0.1, 0.15) is 0 Å². The van der Waals surface area contributed by atoms with Gasteiger partial charge in [-0.15, -0.1) is 0 Å². The zero-order valence-corrected chi connectivity index (χ0v) is 8.28. The molecule has 0 aliphatic heterocycles. The number of alkyl halides is 3. The van der Waals surface area contributed by atoms with Crippen LogP contribution in [-0.4, -0.2) is 12.5 Å². The maximum Gasteiger partial charge on any atom is 0.416 e. The molecule has 0 bridgehead atoms. The van der Waals surface area contributed by atoms with Crippen molar-refractivity contribution in [3.63, 3.8) is 0 Å². The van der Waals surface area contributed by atoms with Gasteiger partial charge in [0.2, 0.25) is 0 Å². The Morgan fingerprint density at radius 1 is 1.15 bits per heavy atom. The van der Waals surface area contributed by atoms with Crippen molar-refractivity contribution >= 4 is 10.9 Å². The summed E-state index contributed by atoms with van der Waals surface area (Å²) < 4.78 is 36.7. The van der Waals surface area contributed by atoms with Crippen molar-refractivity contribution in [2.45, 2.75) is 11.1 Å². The molecule has 0 aromatic heterocycles. The number of benzene rings is 1. The maximum atomic E-state index is 12.2. The second kappa shape index (κ2) is 3.62. The Morgan fingerprint density at radius 3 is 2.23 bits per heavy atom. The lowest BCUT2D eigenvalue weighted by Crippen LogP contribution is -2.04. The monoisotopic (exact) mass is 208 g/mol. The summed E-state index contributed by atoms with van der Waals surface area (Å²) in [4.78, 5) is 0.782. The summed E-state index contributed by atoms with van der Waals surface area (Å²) >= 11 is 0. The minimum Gasteiger partial charge on any atom is -0.233 e. The fraction of sp³-hybridized carbons (Fsp3) is 0.333. The van der Waals surface area contributed by atoms with E-state index in [0.717, 1.165) is 11.0 Å². The largest absolute Gasteiger partial charge is 0.416 e. The second-order valence-electron chi connectivity index (χ2n) is 2.94. The van der Waals surface area contributed by atoms with Gasteiger partial charge in [0, 0.05) is 0 Å². The molecule has 0 saturated heterocycles. The molecule has 74 valence electrons. The van der Waals surface area contributed by atoms with Crippen LogP contribution in [0.4, 0.5) is 13.2 Å². The predicted molar refractivity (Wildman–Crippen MR) is 50.5 cm³/mol. The third-order valence-electron chi connectivity index (χ3n) is 1.69. The van der Waals surface area contributed by atoms with Crippen LogP contribution in [0.2, 0.25) is 0 Å². The summed E-state index contributed by atoms with van der Waals surface area (Å²) in [6, 6.07) is 5.52. The highest BCUT2D eigenvalue weighted by Gasteiger charge is 2.30. The molecule has 1 aromatic rings. The molecular weight excluding hydrogens is 197 g/mol. The molecule has 1 rings (SSSR count). The minimum atomic E-state index is -4.22. The molecule has 4 heteroatoms. The summed E-state index contributed by atoms with van der Waals surface area (Å²) in [7, 11) is -0.459. The highest BCUT2D eigenvalue weighted by molar-refractivity contribution is 8.15. The lowest BCUT2D eigenvalue weighted by atomic mass is 10.2. The highest BCUT2D eigenvalue weighted by atomic mass is 32.2. The molecule has 0 nitrogen and oxygen atoms in total. The van der Waals surface area contributed by atoms with Gasteiger partial charge >= 0.3 is 6.18 Å². The lowest BCUT2D eigenvalue weighted by Gasteiger charge is -2.12. The van der Waals surface area contributed by atoms with Gasteiger partial charge in [0.15, 0.2) is 0 Å². The minimum absolute atomic E-state index is 0.459. The molecule has 0 amide bonds. The van der Waals surface area contributed by atoms with Crippen molar-refractivity contribution in [1.29, 1.82) is 0 Å². The summed E-state index contributed by atoms with van der Waals surface area (Å²) in [6.07, 6.45) is -0.350. The fourth-order valence-electron chi connectivity index (χ4n) is 0.960. The molecule has 0 aliphatic rings. The first-order chi connectivity index (χ1) is 5.91. The van der Waals surface area contributed by atoms with E-state index < -0.39 is 22.6 Å².